The SMILES string of the molecule is c1nc2cc3c(cc2o1)CC12CNCC31C2. The predicted octanol–water partition coefficient (Wildman–Crippen LogP) is 1.61. The van der Waals surface area contributed by atoms with Crippen LogP contribution in [0.3, 0.4) is 0 Å². The number of oxazole rings is 1. The van der Waals surface area contributed by atoms with Crippen molar-refractivity contribution >= 4 is 11.1 Å². The molecule has 2 heterocycles. The highest BCUT2D eigenvalue weighted by Crippen LogP contribution is 2.73. The van der Waals surface area contributed by atoms with Crippen LogP contribution >= 0.6 is 0 Å². The first-order valence-electron chi connectivity index (χ1n) is 5.90. The van der Waals surface area contributed by atoms with Gasteiger partial charge in [-0.15, -0.1) is 0 Å². The van der Waals surface area contributed by atoms with E-state index in [9.17, 15) is 0 Å². The zero-order chi connectivity index (χ0) is 10.4. The minimum Gasteiger partial charge on any atom is -0.443 e. The van der Waals surface area contributed by atoms with Crippen molar-refractivity contribution in [1.82, 2.24) is 10.3 Å². The van der Waals surface area contributed by atoms with Crippen LogP contribution in [0.25, 0.3) is 11.1 Å². The topological polar surface area (TPSA) is 38.1 Å². The third kappa shape index (κ3) is 0.619. The molecule has 80 valence electrons. The molecule has 3 heteroatoms. The molecule has 5 rings (SSSR count). The fourth-order valence-electron chi connectivity index (χ4n) is 4.20. The van der Waals surface area contributed by atoms with Gasteiger partial charge in [-0.2, -0.15) is 0 Å². The number of benzene rings is 1. The Labute approximate surface area is 92.8 Å². The van der Waals surface area contributed by atoms with Crippen LogP contribution in [0, 0.1) is 5.41 Å². The second-order valence-electron chi connectivity index (χ2n) is 5.65. The highest BCUT2D eigenvalue weighted by Gasteiger charge is 2.73. The number of piperidine rings is 1. The molecule has 3 nitrogen and oxygen atoms in total. The molecule has 0 radical (unpaired) electrons. The maximum atomic E-state index is 5.38. The second-order valence-corrected chi connectivity index (χ2v) is 5.65. The van der Waals surface area contributed by atoms with E-state index in [1.165, 1.54) is 24.9 Å². The second kappa shape index (κ2) is 2.05. The van der Waals surface area contributed by atoms with E-state index in [1.807, 2.05) is 0 Å². The Hall–Kier alpha value is -1.35. The number of aromatic nitrogens is 1. The van der Waals surface area contributed by atoms with Gasteiger partial charge < -0.3 is 9.73 Å². The van der Waals surface area contributed by atoms with Crippen molar-refractivity contribution in [3.05, 3.63) is 29.7 Å². The minimum atomic E-state index is 0.454. The van der Waals surface area contributed by atoms with Gasteiger partial charge in [0.1, 0.15) is 5.52 Å². The molecule has 1 aromatic carbocycles. The number of nitrogens with one attached hydrogen (secondary N) is 1. The normalized spacial score (nSPS) is 38.5. The van der Waals surface area contributed by atoms with Crippen molar-refractivity contribution in [2.45, 2.75) is 18.3 Å². The van der Waals surface area contributed by atoms with Crippen LogP contribution < -0.4 is 5.32 Å². The molecule has 2 aliphatic carbocycles. The Kier molecular flexibility index (Phi) is 1.01. The molecular weight excluding hydrogens is 200 g/mol. The van der Waals surface area contributed by atoms with E-state index >= 15 is 0 Å². The van der Waals surface area contributed by atoms with Crippen LogP contribution in [0.4, 0.5) is 0 Å². The van der Waals surface area contributed by atoms with E-state index < -0.39 is 0 Å². The van der Waals surface area contributed by atoms with E-state index in [1.54, 1.807) is 12.0 Å². The van der Waals surface area contributed by atoms with E-state index in [-0.39, 0.29) is 0 Å². The maximum Gasteiger partial charge on any atom is 0.181 e. The summed E-state index contributed by atoms with van der Waals surface area (Å²) in [5, 5.41) is 3.54. The molecule has 16 heavy (non-hydrogen) atoms. The number of hydrogen-bond donors (Lipinski definition) is 1. The lowest BCUT2D eigenvalue weighted by Crippen LogP contribution is -2.21. The highest BCUT2D eigenvalue weighted by atomic mass is 16.3. The lowest BCUT2D eigenvalue weighted by Gasteiger charge is -2.13. The van der Waals surface area contributed by atoms with Gasteiger partial charge in [0.2, 0.25) is 0 Å². The largest absolute Gasteiger partial charge is 0.443 e. The fraction of sp³-hybridized carbons (Fsp3) is 0.462. The smallest absolute Gasteiger partial charge is 0.181 e. The van der Waals surface area contributed by atoms with Gasteiger partial charge in [0.15, 0.2) is 12.0 Å². The molecule has 1 aliphatic heterocycles. The Morgan fingerprint density at radius 2 is 2.31 bits per heavy atom. The van der Waals surface area contributed by atoms with Crippen LogP contribution in [0.1, 0.15) is 17.5 Å². The molecule has 0 amide bonds. The van der Waals surface area contributed by atoms with Gasteiger partial charge in [-0.3, -0.25) is 0 Å². The summed E-state index contributed by atoms with van der Waals surface area (Å²) in [7, 11) is 0. The first-order chi connectivity index (χ1) is 7.83. The van der Waals surface area contributed by atoms with E-state index in [4.69, 9.17) is 4.42 Å². The Morgan fingerprint density at radius 3 is 3.31 bits per heavy atom. The van der Waals surface area contributed by atoms with Crippen LogP contribution in [0.5, 0.6) is 0 Å². The maximum absolute atomic E-state index is 5.38. The van der Waals surface area contributed by atoms with Crippen LogP contribution in [0.15, 0.2) is 22.9 Å². The van der Waals surface area contributed by atoms with Gasteiger partial charge in [0.05, 0.1) is 0 Å². The van der Waals surface area contributed by atoms with E-state index in [0.29, 0.717) is 10.8 Å². The van der Waals surface area contributed by atoms with Crippen molar-refractivity contribution < 1.29 is 4.42 Å². The van der Waals surface area contributed by atoms with Crippen molar-refractivity contribution in [2.75, 3.05) is 13.1 Å². The molecule has 2 atom stereocenters. The molecule has 2 fully saturated rings. The number of hydrogen-bond acceptors (Lipinski definition) is 3. The number of fused-ring (bicyclic) bond motifs is 2. The van der Waals surface area contributed by atoms with Crippen molar-refractivity contribution in [3.8, 4) is 0 Å². The van der Waals surface area contributed by atoms with Crippen LogP contribution in [-0.4, -0.2) is 18.1 Å². The van der Waals surface area contributed by atoms with E-state index in [0.717, 1.165) is 17.6 Å². The molecule has 2 unspecified atom stereocenters. The third-order valence-corrected chi connectivity index (χ3v) is 5.02. The Balaban J connectivity index is 1.85. The predicted molar refractivity (Wildman–Crippen MR) is 59.3 cm³/mol. The lowest BCUT2D eigenvalue weighted by atomic mass is 9.95. The number of rotatable bonds is 0. The average molecular weight is 212 g/mol. The van der Waals surface area contributed by atoms with Gasteiger partial charge in [0, 0.05) is 18.5 Å². The van der Waals surface area contributed by atoms with Gasteiger partial charge in [0.25, 0.3) is 0 Å². The molecule has 1 aromatic heterocycles. The summed E-state index contributed by atoms with van der Waals surface area (Å²) in [5.41, 5.74) is 6.00. The van der Waals surface area contributed by atoms with Gasteiger partial charge in [-0.05, 0) is 41.5 Å². The quantitative estimate of drug-likeness (QED) is 0.721. The Morgan fingerprint density at radius 1 is 1.31 bits per heavy atom. The third-order valence-electron chi connectivity index (χ3n) is 5.02. The van der Waals surface area contributed by atoms with Gasteiger partial charge >= 0.3 is 0 Å². The monoisotopic (exact) mass is 212 g/mol. The minimum absolute atomic E-state index is 0.454. The number of nitrogens with zero attached hydrogens (tertiary/aromatic N) is 1. The molecule has 2 aromatic rings. The highest BCUT2D eigenvalue weighted by molar-refractivity contribution is 5.77. The molecule has 1 saturated carbocycles. The van der Waals surface area contributed by atoms with Crippen molar-refractivity contribution in [1.29, 1.82) is 0 Å². The summed E-state index contributed by atoms with van der Waals surface area (Å²) in [6, 6.07) is 4.47. The lowest BCUT2D eigenvalue weighted by molar-refractivity contribution is 0.522. The summed E-state index contributed by atoms with van der Waals surface area (Å²) in [4.78, 5) is 4.27. The average Bonchev–Trinajstić information content (AvgIpc) is 2.66. The molecule has 3 aliphatic rings. The molecular formula is C13H12N2O. The molecule has 1 saturated heterocycles. The summed E-state index contributed by atoms with van der Waals surface area (Å²) in [5.74, 6) is 0. The first kappa shape index (κ1) is 7.85. The van der Waals surface area contributed by atoms with Gasteiger partial charge in [-0.1, -0.05) is 0 Å². The Bertz CT molecular complexity index is 628. The fourth-order valence-corrected chi connectivity index (χ4v) is 4.20. The standard InChI is InChI=1S/C13H12N2O/c1-8-3-12-4-13(12,6-14-5-12)9(8)2-10-11(1)16-7-15-10/h1-2,7,14H,3-6H2. The first-order valence-corrected chi connectivity index (χ1v) is 5.90. The van der Waals surface area contributed by atoms with Crippen LogP contribution in [0.2, 0.25) is 0 Å². The van der Waals surface area contributed by atoms with Gasteiger partial charge in [-0.25, -0.2) is 4.98 Å². The molecule has 1 N–H and O–H groups in total. The summed E-state index contributed by atoms with van der Waals surface area (Å²) in [6.45, 7) is 2.35. The van der Waals surface area contributed by atoms with Crippen molar-refractivity contribution in [3.63, 3.8) is 0 Å². The van der Waals surface area contributed by atoms with Crippen LogP contribution in [-0.2, 0) is 11.8 Å². The summed E-state index contributed by atoms with van der Waals surface area (Å²) in [6.07, 6.45) is 4.15. The zero-order valence-corrected chi connectivity index (χ0v) is 8.92. The molecule has 0 spiro atoms. The van der Waals surface area contributed by atoms with Crippen molar-refractivity contribution in [2.24, 2.45) is 5.41 Å². The summed E-state index contributed by atoms with van der Waals surface area (Å²) < 4.78 is 5.38. The zero-order valence-electron chi connectivity index (χ0n) is 8.92. The van der Waals surface area contributed by atoms with E-state index in [2.05, 4.69) is 22.4 Å². The summed E-state index contributed by atoms with van der Waals surface area (Å²) >= 11 is 0. The molecule has 0 bridgehead atoms.